The summed E-state index contributed by atoms with van der Waals surface area (Å²) >= 11 is 0. The van der Waals surface area contributed by atoms with E-state index in [1.807, 2.05) is 48.5 Å². The van der Waals surface area contributed by atoms with Crippen LogP contribution in [0.15, 0.2) is 48.5 Å². The number of esters is 1. The Kier molecular flexibility index (Phi) is 22.7. The van der Waals surface area contributed by atoms with Crippen molar-refractivity contribution in [3.8, 4) is 11.8 Å². The van der Waals surface area contributed by atoms with Gasteiger partial charge in [0.15, 0.2) is 0 Å². The first-order chi connectivity index (χ1) is 27.6. The van der Waals surface area contributed by atoms with Gasteiger partial charge in [-0.05, 0) is 44.5 Å². The number of methoxy groups -OCH3 is 1. The smallest absolute Gasteiger partial charge is 0.307 e. The average molecular weight is 797 g/mol. The minimum Gasteiger partial charge on any atom is -0.460 e. The Morgan fingerprint density at radius 2 is 1.18 bits per heavy atom. The molecule has 2 aromatic carbocycles. The number of anilines is 1. The molecule has 0 saturated carbocycles. The SMILES string of the molecule is COCCOCCOCCOCCOCCOCCOCCNC(=O)[C@@H](CC(=O)CCC(=O)N1Cc2ccccc2C#Cc2ccccc21)CC(=O)OC(C)(C)C. The van der Waals surface area contributed by atoms with E-state index in [9.17, 15) is 19.2 Å². The lowest BCUT2D eigenvalue weighted by Gasteiger charge is -2.26. The molecule has 314 valence electrons. The van der Waals surface area contributed by atoms with E-state index < -0.39 is 23.4 Å². The summed E-state index contributed by atoms with van der Waals surface area (Å²) in [7, 11) is 1.63. The second-order valence-corrected chi connectivity index (χ2v) is 14.1. The Bertz CT molecular complexity index is 1580. The van der Waals surface area contributed by atoms with Crippen LogP contribution in [0.5, 0.6) is 0 Å². The van der Waals surface area contributed by atoms with Gasteiger partial charge in [-0.3, -0.25) is 19.2 Å². The molecule has 0 spiro atoms. The Morgan fingerprint density at radius 1 is 0.667 bits per heavy atom. The molecule has 2 aromatic rings. The first-order valence-electron chi connectivity index (χ1n) is 19.5. The fraction of sp³-hybridized carbons (Fsp3) is 0.581. The van der Waals surface area contributed by atoms with Crippen molar-refractivity contribution in [2.75, 3.05) is 104 Å². The third kappa shape index (κ3) is 20.2. The minimum absolute atomic E-state index is 0.0660. The van der Waals surface area contributed by atoms with E-state index in [1.165, 1.54) is 0 Å². The van der Waals surface area contributed by atoms with Gasteiger partial charge in [-0.1, -0.05) is 42.2 Å². The predicted octanol–water partition coefficient (Wildman–Crippen LogP) is 3.88. The number of carbonyl (C=O) groups is 4. The Hall–Kier alpha value is -4.20. The van der Waals surface area contributed by atoms with Crippen molar-refractivity contribution in [3.05, 3.63) is 65.2 Å². The molecule has 0 saturated heterocycles. The van der Waals surface area contributed by atoms with E-state index in [0.29, 0.717) is 91.5 Å². The van der Waals surface area contributed by atoms with E-state index in [2.05, 4.69) is 17.2 Å². The molecule has 14 heteroatoms. The fourth-order valence-corrected chi connectivity index (χ4v) is 5.54. The lowest BCUT2D eigenvalue weighted by atomic mass is 9.95. The second kappa shape index (κ2) is 27.4. The molecule has 14 nitrogen and oxygen atoms in total. The highest BCUT2D eigenvalue weighted by Gasteiger charge is 2.28. The molecular formula is C43H60N2O12. The number of hydrogen-bond acceptors (Lipinski definition) is 12. The summed E-state index contributed by atoms with van der Waals surface area (Å²) in [5, 5.41) is 2.76. The molecule has 1 atom stereocenters. The van der Waals surface area contributed by atoms with Crippen LogP contribution in [-0.4, -0.2) is 129 Å². The van der Waals surface area contributed by atoms with Crippen LogP contribution in [0.3, 0.4) is 0 Å². The minimum atomic E-state index is -0.967. The number of ether oxygens (including phenoxy) is 8. The molecule has 0 unspecified atom stereocenters. The van der Waals surface area contributed by atoms with Gasteiger partial charge in [0, 0.05) is 44.0 Å². The lowest BCUT2D eigenvalue weighted by Crippen LogP contribution is -2.37. The maximum absolute atomic E-state index is 13.6. The quantitative estimate of drug-likeness (QED) is 0.0722. The summed E-state index contributed by atoms with van der Waals surface area (Å²) in [6, 6.07) is 15.1. The Morgan fingerprint density at radius 3 is 1.75 bits per heavy atom. The van der Waals surface area contributed by atoms with Gasteiger partial charge in [-0.15, -0.1) is 0 Å². The van der Waals surface area contributed by atoms with Crippen LogP contribution in [0.1, 0.15) is 63.1 Å². The number of carbonyl (C=O) groups excluding carboxylic acids is 4. The van der Waals surface area contributed by atoms with Crippen molar-refractivity contribution in [3.63, 3.8) is 0 Å². The van der Waals surface area contributed by atoms with E-state index in [4.69, 9.17) is 37.9 Å². The van der Waals surface area contributed by atoms with Crippen LogP contribution in [0.25, 0.3) is 0 Å². The highest BCUT2D eigenvalue weighted by atomic mass is 16.6. The lowest BCUT2D eigenvalue weighted by molar-refractivity contribution is -0.157. The second-order valence-electron chi connectivity index (χ2n) is 14.1. The van der Waals surface area contributed by atoms with Gasteiger partial charge in [-0.2, -0.15) is 0 Å². The monoisotopic (exact) mass is 796 g/mol. The highest BCUT2D eigenvalue weighted by molar-refractivity contribution is 5.98. The number of amides is 2. The van der Waals surface area contributed by atoms with Crippen molar-refractivity contribution in [2.45, 2.75) is 58.6 Å². The van der Waals surface area contributed by atoms with Crippen LogP contribution in [0, 0.1) is 17.8 Å². The maximum Gasteiger partial charge on any atom is 0.307 e. The topological polar surface area (TPSA) is 157 Å². The van der Waals surface area contributed by atoms with Crippen molar-refractivity contribution < 1.29 is 57.1 Å². The molecular weight excluding hydrogens is 736 g/mol. The standard InChI is InChI=1S/C43H60N2O12/c1-43(2,3)57-41(48)32-37(42(49)44-17-18-51-21-22-53-25-26-55-29-30-56-28-27-54-24-23-52-20-19-50-4)31-38(46)15-16-40(47)45-33-36-11-6-5-9-34(36)13-14-35-10-7-8-12-39(35)45/h5-12,37H,15-33H2,1-4H3,(H,44,49)/t37-/m0/s1. The molecule has 1 N–H and O–H groups in total. The van der Waals surface area contributed by atoms with Crippen LogP contribution >= 0.6 is 0 Å². The largest absolute Gasteiger partial charge is 0.460 e. The first kappa shape index (κ1) is 47.2. The predicted molar refractivity (Wildman–Crippen MR) is 213 cm³/mol. The molecule has 0 aliphatic carbocycles. The average Bonchev–Trinajstić information content (AvgIpc) is 3.17. The number of benzene rings is 2. The van der Waals surface area contributed by atoms with Crippen molar-refractivity contribution in [1.29, 1.82) is 0 Å². The Balaban J connectivity index is 1.33. The third-order valence-electron chi connectivity index (χ3n) is 8.31. The number of rotatable bonds is 29. The number of Topliss-reactive ketones (excluding diaryl/α,β-unsaturated/α-hetero) is 1. The van der Waals surface area contributed by atoms with Gasteiger partial charge in [0.2, 0.25) is 11.8 Å². The molecule has 0 radical (unpaired) electrons. The Labute approximate surface area is 337 Å². The molecule has 0 fully saturated rings. The summed E-state index contributed by atoms with van der Waals surface area (Å²) in [6.45, 7) is 11.4. The van der Waals surface area contributed by atoms with Crippen molar-refractivity contribution in [2.24, 2.45) is 5.92 Å². The molecule has 57 heavy (non-hydrogen) atoms. The number of hydrogen-bond donors (Lipinski definition) is 1. The van der Waals surface area contributed by atoms with Crippen LogP contribution in [0.4, 0.5) is 5.69 Å². The molecule has 1 aliphatic rings. The number of nitrogens with zero attached hydrogens (tertiary/aromatic N) is 1. The molecule has 1 heterocycles. The number of ketones is 1. The van der Waals surface area contributed by atoms with Crippen LogP contribution < -0.4 is 10.2 Å². The highest BCUT2D eigenvalue weighted by Crippen LogP contribution is 2.26. The summed E-state index contributed by atoms with van der Waals surface area (Å²) < 4.78 is 43.1. The van der Waals surface area contributed by atoms with Gasteiger partial charge in [-0.25, -0.2) is 0 Å². The zero-order valence-corrected chi connectivity index (χ0v) is 34.0. The van der Waals surface area contributed by atoms with Crippen molar-refractivity contribution >= 4 is 29.3 Å². The number of para-hydroxylation sites is 1. The van der Waals surface area contributed by atoms with Gasteiger partial charge in [0.25, 0.3) is 0 Å². The molecule has 2 amide bonds. The summed E-state index contributed by atoms with van der Waals surface area (Å²) in [5.41, 5.74) is 2.38. The van der Waals surface area contributed by atoms with E-state index in [1.54, 1.807) is 32.8 Å². The summed E-state index contributed by atoms with van der Waals surface area (Å²) in [4.78, 5) is 54.5. The molecule has 3 rings (SSSR count). The van der Waals surface area contributed by atoms with Gasteiger partial charge < -0.3 is 48.1 Å². The third-order valence-corrected chi connectivity index (χ3v) is 8.31. The van der Waals surface area contributed by atoms with Gasteiger partial charge in [0.1, 0.15) is 11.4 Å². The number of fused-ring (bicyclic) bond motifs is 2. The zero-order valence-electron chi connectivity index (χ0n) is 34.0. The maximum atomic E-state index is 13.6. The van der Waals surface area contributed by atoms with Crippen LogP contribution in [0.2, 0.25) is 0 Å². The van der Waals surface area contributed by atoms with E-state index in [-0.39, 0.29) is 50.5 Å². The van der Waals surface area contributed by atoms with Crippen LogP contribution in [-0.2, 0) is 63.6 Å². The van der Waals surface area contributed by atoms with E-state index in [0.717, 1.165) is 16.7 Å². The molecule has 0 bridgehead atoms. The first-order valence-corrected chi connectivity index (χ1v) is 19.5. The summed E-state index contributed by atoms with van der Waals surface area (Å²) in [5.74, 6) is 3.80. The normalized spacial score (nSPS) is 12.7. The molecule has 0 aromatic heterocycles. The van der Waals surface area contributed by atoms with Gasteiger partial charge in [0.05, 0.1) is 110 Å². The van der Waals surface area contributed by atoms with E-state index >= 15 is 0 Å². The molecule has 1 aliphatic heterocycles. The van der Waals surface area contributed by atoms with Gasteiger partial charge >= 0.3 is 5.97 Å². The zero-order chi connectivity index (χ0) is 41.1. The number of nitrogens with one attached hydrogen (secondary N) is 1. The fourth-order valence-electron chi connectivity index (χ4n) is 5.54. The van der Waals surface area contributed by atoms with Crippen molar-refractivity contribution in [1.82, 2.24) is 5.32 Å². The summed E-state index contributed by atoms with van der Waals surface area (Å²) in [6.07, 6.45) is -0.649.